The zero-order valence-electron chi connectivity index (χ0n) is 10.8. The van der Waals surface area contributed by atoms with Gasteiger partial charge in [0.2, 0.25) is 0 Å². The van der Waals surface area contributed by atoms with Gasteiger partial charge in [-0.25, -0.2) is 14.4 Å². The van der Waals surface area contributed by atoms with E-state index < -0.39 is 0 Å². The molecule has 0 amide bonds. The van der Waals surface area contributed by atoms with Crippen LogP contribution in [0.2, 0.25) is 0 Å². The number of anilines is 2. The number of nitrogens with zero attached hydrogens (tertiary/aromatic N) is 2. The van der Waals surface area contributed by atoms with Crippen LogP contribution in [-0.2, 0) is 0 Å². The van der Waals surface area contributed by atoms with Crippen molar-refractivity contribution >= 4 is 33.1 Å². The molecule has 1 aromatic carbocycles. The minimum absolute atomic E-state index is 0.327. The lowest BCUT2D eigenvalue weighted by Gasteiger charge is -2.12. The summed E-state index contributed by atoms with van der Waals surface area (Å²) in [5.41, 5.74) is 0.554. The number of hydrogen-bond acceptors (Lipinski definition) is 5. The molecule has 0 bridgehead atoms. The number of nitrogens with one attached hydrogen (secondary N) is 1. The van der Waals surface area contributed by atoms with Crippen LogP contribution >= 0.6 is 11.3 Å². The molecule has 2 aromatic heterocycles. The molecule has 0 aliphatic heterocycles. The maximum atomic E-state index is 13.4. The SMILES string of the molecule is CCOc1ccc(F)cc1Nc1ncnc2sccc12. The number of rotatable bonds is 4. The minimum atomic E-state index is -0.327. The third kappa shape index (κ3) is 2.42. The predicted octanol–water partition coefficient (Wildman–Crippen LogP) is 3.97. The van der Waals surface area contributed by atoms with Crippen LogP contribution in [0, 0.1) is 5.82 Å². The third-order valence-corrected chi connectivity index (χ3v) is 3.58. The average molecular weight is 289 g/mol. The first-order chi connectivity index (χ1) is 9.78. The lowest BCUT2D eigenvalue weighted by molar-refractivity contribution is 0.341. The van der Waals surface area contributed by atoms with Crippen molar-refractivity contribution < 1.29 is 9.13 Å². The maximum Gasteiger partial charge on any atom is 0.142 e. The van der Waals surface area contributed by atoms with Crippen molar-refractivity contribution in [2.75, 3.05) is 11.9 Å². The van der Waals surface area contributed by atoms with Crippen LogP contribution in [0.15, 0.2) is 36.0 Å². The van der Waals surface area contributed by atoms with E-state index in [1.54, 1.807) is 6.07 Å². The Kier molecular flexibility index (Phi) is 3.47. The zero-order chi connectivity index (χ0) is 13.9. The molecule has 0 aliphatic rings. The summed E-state index contributed by atoms with van der Waals surface area (Å²) in [7, 11) is 0. The molecule has 0 fully saturated rings. The van der Waals surface area contributed by atoms with Crippen molar-refractivity contribution in [3.05, 3.63) is 41.8 Å². The second-order valence-electron chi connectivity index (χ2n) is 4.06. The van der Waals surface area contributed by atoms with Gasteiger partial charge in [-0.15, -0.1) is 11.3 Å². The molecule has 3 aromatic rings. The molecule has 0 unspecified atom stereocenters. The quantitative estimate of drug-likeness (QED) is 0.789. The van der Waals surface area contributed by atoms with E-state index in [0.29, 0.717) is 23.9 Å². The van der Waals surface area contributed by atoms with Gasteiger partial charge in [0.1, 0.15) is 28.5 Å². The van der Waals surface area contributed by atoms with E-state index in [1.165, 1.54) is 29.8 Å². The van der Waals surface area contributed by atoms with Crippen LogP contribution in [0.1, 0.15) is 6.92 Å². The van der Waals surface area contributed by atoms with E-state index in [9.17, 15) is 4.39 Å². The Balaban J connectivity index is 2.02. The summed E-state index contributed by atoms with van der Waals surface area (Å²) >= 11 is 1.53. The fraction of sp³-hybridized carbons (Fsp3) is 0.143. The first-order valence-corrected chi connectivity index (χ1v) is 7.03. The van der Waals surface area contributed by atoms with E-state index in [-0.39, 0.29) is 5.82 Å². The summed E-state index contributed by atoms with van der Waals surface area (Å²) in [5, 5.41) is 5.97. The van der Waals surface area contributed by atoms with Crippen LogP contribution < -0.4 is 10.1 Å². The second-order valence-corrected chi connectivity index (χ2v) is 4.95. The number of thiophene rings is 1. The summed E-state index contributed by atoms with van der Waals surface area (Å²) in [4.78, 5) is 9.28. The van der Waals surface area contributed by atoms with Gasteiger partial charge in [-0.1, -0.05) is 0 Å². The van der Waals surface area contributed by atoms with Crippen LogP contribution in [0.3, 0.4) is 0 Å². The molecular weight excluding hydrogens is 277 g/mol. The lowest BCUT2D eigenvalue weighted by Crippen LogP contribution is -2.00. The molecule has 2 heterocycles. The first kappa shape index (κ1) is 12.8. The summed E-state index contributed by atoms with van der Waals surface area (Å²) in [5.74, 6) is 0.908. The summed E-state index contributed by atoms with van der Waals surface area (Å²) in [6.07, 6.45) is 1.49. The van der Waals surface area contributed by atoms with Crippen molar-refractivity contribution in [2.45, 2.75) is 6.92 Å². The van der Waals surface area contributed by atoms with Crippen LogP contribution in [0.5, 0.6) is 5.75 Å². The Morgan fingerprint density at radius 1 is 1.30 bits per heavy atom. The Labute approximate surface area is 119 Å². The standard InChI is InChI=1S/C14H12FN3OS/c1-2-19-12-4-3-9(15)7-11(12)18-13-10-5-6-20-14(10)17-8-16-13/h3-8H,2H2,1H3,(H,16,17,18). The monoisotopic (exact) mass is 289 g/mol. The second kappa shape index (κ2) is 5.42. The Morgan fingerprint density at radius 3 is 3.05 bits per heavy atom. The summed E-state index contributed by atoms with van der Waals surface area (Å²) in [6, 6.07) is 6.30. The fourth-order valence-corrected chi connectivity index (χ4v) is 2.63. The lowest BCUT2D eigenvalue weighted by atomic mass is 10.2. The molecule has 1 N–H and O–H groups in total. The Bertz CT molecular complexity index is 744. The van der Waals surface area contributed by atoms with Gasteiger partial charge in [-0.2, -0.15) is 0 Å². The molecule has 0 saturated heterocycles. The number of ether oxygens (including phenoxy) is 1. The van der Waals surface area contributed by atoms with Gasteiger partial charge in [-0.05, 0) is 30.5 Å². The maximum absolute atomic E-state index is 13.4. The molecule has 6 heteroatoms. The molecule has 3 rings (SSSR count). The normalized spacial score (nSPS) is 10.7. The van der Waals surface area contributed by atoms with Gasteiger partial charge in [-0.3, -0.25) is 0 Å². The highest BCUT2D eigenvalue weighted by atomic mass is 32.1. The average Bonchev–Trinajstić information content (AvgIpc) is 2.91. The summed E-state index contributed by atoms with van der Waals surface area (Å²) < 4.78 is 18.9. The minimum Gasteiger partial charge on any atom is -0.492 e. The molecule has 0 saturated carbocycles. The van der Waals surface area contributed by atoms with Crippen molar-refractivity contribution in [3.8, 4) is 5.75 Å². The van der Waals surface area contributed by atoms with E-state index in [0.717, 1.165) is 10.2 Å². The van der Waals surface area contributed by atoms with Crippen molar-refractivity contribution in [3.63, 3.8) is 0 Å². The summed E-state index contributed by atoms with van der Waals surface area (Å²) in [6.45, 7) is 2.40. The molecule has 0 aliphatic carbocycles. The van der Waals surface area contributed by atoms with Crippen LogP contribution in [0.4, 0.5) is 15.9 Å². The van der Waals surface area contributed by atoms with E-state index >= 15 is 0 Å². The number of hydrogen-bond donors (Lipinski definition) is 1. The van der Waals surface area contributed by atoms with E-state index in [1.807, 2.05) is 18.4 Å². The number of fused-ring (bicyclic) bond motifs is 1. The highest BCUT2D eigenvalue weighted by Crippen LogP contribution is 2.31. The topological polar surface area (TPSA) is 47.0 Å². The van der Waals surface area contributed by atoms with Crippen molar-refractivity contribution in [2.24, 2.45) is 0 Å². The zero-order valence-corrected chi connectivity index (χ0v) is 11.6. The van der Waals surface area contributed by atoms with Gasteiger partial charge in [0, 0.05) is 6.07 Å². The largest absolute Gasteiger partial charge is 0.492 e. The molecule has 20 heavy (non-hydrogen) atoms. The van der Waals surface area contributed by atoms with Gasteiger partial charge >= 0.3 is 0 Å². The highest BCUT2D eigenvalue weighted by molar-refractivity contribution is 7.16. The fourth-order valence-electron chi connectivity index (χ4n) is 1.90. The number of benzene rings is 1. The van der Waals surface area contributed by atoms with Crippen LogP contribution in [-0.4, -0.2) is 16.6 Å². The number of halogens is 1. The van der Waals surface area contributed by atoms with E-state index in [2.05, 4.69) is 15.3 Å². The molecule has 0 radical (unpaired) electrons. The molecular formula is C14H12FN3OS. The Hall–Kier alpha value is -2.21. The van der Waals surface area contributed by atoms with Gasteiger partial charge in [0.05, 0.1) is 17.7 Å². The molecule has 4 nitrogen and oxygen atoms in total. The van der Waals surface area contributed by atoms with Gasteiger partial charge in [0.25, 0.3) is 0 Å². The van der Waals surface area contributed by atoms with Gasteiger partial charge < -0.3 is 10.1 Å². The third-order valence-electron chi connectivity index (χ3n) is 2.76. The number of aromatic nitrogens is 2. The van der Waals surface area contributed by atoms with Gasteiger partial charge in [0.15, 0.2) is 0 Å². The Morgan fingerprint density at radius 2 is 2.20 bits per heavy atom. The van der Waals surface area contributed by atoms with Crippen LogP contribution in [0.25, 0.3) is 10.2 Å². The first-order valence-electron chi connectivity index (χ1n) is 6.15. The van der Waals surface area contributed by atoms with E-state index in [4.69, 9.17) is 4.74 Å². The molecule has 0 spiro atoms. The molecule has 102 valence electrons. The van der Waals surface area contributed by atoms with Crippen molar-refractivity contribution in [1.29, 1.82) is 0 Å². The predicted molar refractivity (Wildman–Crippen MR) is 78.3 cm³/mol. The highest BCUT2D eigenvalue weighted by Gasteiger charge is 2.09. The molecule has 0 atom stereocenters. The van der Waals surface area contributed by atoms with Crippen molar-refractivity contribution in [1.82, 2.24) is 9.97 Å². The smallest absolute Gasteiger partial charge is 0.142 e.